The molecule has 154 valence electrons. The van der Waals surface area contributed by atoms with Gasteiger partial charge in [-0.3, -0.25) is 14.6 Å². The van der Waals surface area contributed by atoms with E-state index in [1.54, 1.807) is 6.07 Å². The summed E-state index contributed by atoms with van der Waals surface area (Å²) in [5.41, 5.74) is 2.51. The van der Waals surface area contributed by atoms with Crippen LogP contribution in [0.4, 0.5) is 11.4 Å². The van der Waals surface area contributed by atoms with Crippen LogP contribution in [0, 0.1) is 0 Å². The molecule has 3 rings (SSSR count). The number of piperazine rings is 1. The summed E-state index contributed by atoms with van der Waals surface area (Å²) in [5.74, 6) is -0.521. The zero-order valence-corrected chi connectivity index (χ0v) is 17.1. The zero-order chi connectivity index (χ0) is 20.6. The van der Waals surface area contributed by atoms with E-state index in [0.29, 0.717) is 17.8 Å². The highest BCUT2D eigenvalue weighted by atomic mass is 16.2. The quantitative estimate of drug-likeness (QED) is 0.705. The molecule has 1 fully saturated rings. The van der Waals surface area contributed by atoms with Crippen molar-refractivity contribution in [3.05, 3.63) is 53.9 Å². The van der Waals surface area contributed by atoms with Crippen LogP contribution in [0.5, 0.6) is 0 Å². The van der Waals surface area contributed by atoms with Crippen LogP contribution in [0.2, 0.25) is 0 Å². The number of hydrogen-bond acceptors (Lipinski definition) is 5. The molecule has 0 saturated carbocycles. The number of nitrogens with one attached hydrogen (secondary N) is 2. The third-order valence-corrected chi connectivity index (χ3v) is 5.06. The Hall–Kier alpha value is -2.93. The summed E-state index contributed by atoms with van der Waals surface area (Å²) in [6, 6.07) is 11.0. The number of carbonyl (C=O) groups excluding carboxylic acids is 2. The fraction of sp³-hybridized carbons (Fsp3) is 0.409. The van der Waals surface area contributed by atoms with E-state index in [9.17, 15) is 9.59 Å². The Morgan fingerprint density at radius 3 is 2.45 bits per heavy atom. The predicted octanol–water partition coefficient (Wildman–Crippen LogP) is 2.62. The molecule has 1 aliphatic heterocycles. The first-order valence-corrected chi connectivity index (χ1v) is 10.2. The number of benzene rings is 1. The second-order valence-corrected chi connectivity index (χ2v) is 7.33. The van der Waals surface area contributed by atoms with Gasteiger partial charge in [0, 0.05) is 55.9 Å². The largest absolute Gasteiger partial charge is 0.369 e. The van der Waals surface area contributed by atoms with E-state index in [0.717, 1.165) is 44.7 Å². The lowest BCUT2D eigenvalue weighted by atomic mass is 10.2. The third kappa shape index (κ3) is 5.77. The van der Waals surface area contributed by atoms with Crippen molar-refractivity contribution in [2.45, 2.75) is 19.8 Å². The van der Waals surface area contributed by atoms with Crippen molar-refractivity contribution < 1.29 is 9.59 Å². The lowest BCUT2D eigenvalue weighted by Crippen LogP contribution is -2.44. The second-order valence-electron chi connectivity index (χ2n) is 7.33. The monoisotopic (exact) mass is 395 g/mol. The van der Waals surface area contributed by atoms with E-state index in [1.165, 1.54) is 12.3 Å². The summed E-state index contributed by atoms with van der Waals surface area (Å²) < 4.78 is 0. The van der Waals surface area contributed by atoms with Crippen LogP contribution in [0.1, 0.15) is 40.6 Å². The van der Waals surface area contributed by atoms with Crippen molar-refractivity contribution in [2.24, 2.45) is 0 Å². The molecule has 29 heavy (non-hydrogen) atoms. The third-order valence-electron chi connectivity index (χ3n) is 5.06. The maximum Gasteiger partial charge on any atom is 0.274 e. The highest BCUT2D eigenvalue weighted by Crippen LogP contribution is 2.19. The van der Waals surface area contributed by atoms with Crippen molar-refractivity contribution in [1.29, 1.82) is 0 Å². The van der Waals surface area contributed by atoms with Crippen molar-refractivity contribution in [3.8, 4) is 0 Å². The molecule has 1 aromatic carbocycles. The number of anilines is 2. The van der Waals surface area contributed by atoms with E-state index in [4.69, 9.17) is 0 Å². The average molecular weight is 396 g/mol. The molecule has 7 heteroatoms. The van der Waals surface area contributed by atoms with Crippen molar-refractivity contribution >= 4 is 23.2 Å². The van der Waals surface area contributed by atoms with Crippen LogP contribution in [-0.4, -0.2) is 61.5 Å². The molecule has 1 aliphatic rings. The molecule has 1 saturated heterocycles. The molecule has 2 aromatic rings. The maximum atomic E-state index is 12.6. The van der Waals surface area contributed by atoms with Gasteiger partial charge >= 0.3 is 0 Å². The number of nitrogens with zero attached hydrogens (tertiary/aromatic N) is 3. The normalized spacial score (nSPS) is 14.5. The number of likely N-dealkylation sites (N-methyl/N-ethyl adjacent to an activating group) is 1. The van der Waals surface area contributed by atoms with E-state index in [1.807, 2.05) is 24.3 Å². The lowest BCUT2D eigenvalue weighted by molar-refractivity contribution is 0.0953. The molecule has 2 amide bonds. The Morgan fingerprint density at radius 1 is 1.03 bits per heavy atom. The van der Waals surface area contributed by atoms with Gasteiger partial charge in [-0.1, -0.05) is 13.3 Å². The highest BCUT2D eigenvalue weighted by molar-refractivity contribution is 6.04. The Kier molecular flexibility index (Phi) is 7.19. The topological polar surface area (TPSA) is 77.6 Å². The molecule has 0 spiro atoms. The minimum absolute atomic E-state index is 0.188. The van der Waals surface area contributed by atoms with Crippen LogP contribution < -0.4 is 15.5 Å². The van der Waals surface area contributed by atoms with Gasteiger partial charge in [-0.25, -0.2) is 0 Å². The summed E-state index contributed by atoms with van der Waals surface area (Å²) in [5, 5.41) is 5.70. The SMILES string of the molecule is CCCCNC(=O)c1ccnc(C(=O)Nc2ccc(N3CCN(C)CC3)cc2)c1. The fourth-order valence-electron chi connectivity index (χ4n) is 3.19. The first-order valence-electron chi connectivity index (χ1n) is 10.2. The number of carbonyl (C=O) groups is 2. The summed E-state index contributed by atoms with van der Waals surface area (Å²) in [7, 11) is 2.13. The van der Waals surface area contributed by atoms with Gasteiger partial charge in [-0.15, -0.1) is 0 Å². The van der Waals surface area contributed by atoms with Crippen molar-refractivity contribution in [2.75, 3.05) is 50.0 Å². The minimum Gasteiger partial charge on any atom is -0.369 e. The van der Waals surface area contributed by atoms with E-state index in [-0.39, 0.29) is 17.5 Å². The predicted molar refractivity (Wildman–Crippen MR) is 116 cm³/mol. The maximum absolute atomic E-state index is 12.6. The van der Waals surface area contributed by atoms with Gasteiger partial charge in [-0.2, -0.15) is 0 Å². The Bertz CT molecular complexity index is 829. The molecular weight excluding hydrogens is 366 g/mol. The molecule has 0 radical (unpaired) electrons. The van der Waals surface area contributed by atoms with E-state index in [2.05, 4.69) is 39.4 Å². The molecule has 0 bridgehead atoms. The Balaban J connectivity index is 1.60. The molecular formula is C22H29N5O2. The van der Waals surface area contributed by atoms with Crippen LogP contribution >= 0.6 is 0 Å². The summed E-state index contributed by atoms with van der Waals surface area (Å²) >= 11 is 0. The average Bonchev–Trinajstić information content (AvgIpc) is 2.75. The number of amides is 2. The molecule has 0 aliphatic carbocycles. The van der Waals surface area contributed by atoms with E-state index < -0.39 is 0 Å². The van der Waals surface area contributed by atoms with Crippen molar-refractivity contribution in [1.82, 2.24) is 15.2 Å². The van der Waals surface area contributed by atoms with Crippen molar-refractivity contribution in [3.63, 3.8) is 0 Å². The minimum atomic E-state index is -0.333. The van der Waals surface area contributed by atoms with Gasteiger partial charge in [0.1, 0.15) is 5.69 Å². The molecule has 0 unspecified atom stereocenters. The van der Waals surface area contributed by atoms with Gasteiger partial charge in [0.2, 0.25) is 0 Å². The Labute approximate surface area is 172 Å². The summed E-state index contributed by atoms with van der Waals surface area (Å²) in [4.78, 5) is 33.5. The summed E-state index contributed by atoms with van der Waals surface area (Å²) in [6.07, 6.45) is 3.42. The van der Waals surface area contributed by atoms with Crippen LogP contribution in [0.25, 0.3) is 0 Å². The molecule has 0 atom stereocenters. The van der Waals surface area contributed by atoms with Gasteiger partial charge < -0.3 is 20.4 Å². The number of aromatic nitrogens is 1. The van der Waals surface area contributed by atoms with Gasteiger partial charge in [-0.05, 0) is 49.9 Å². The second kappa shape index (κ2) is 10.0. The van der Waals surface area contributed by atoms with Gasteiger partial charge in [0.25, 0.3) is 11.8 Å². The molecule has 1 aromatic heterocycles. The number of hydrogen-bond donors (Lipinski definition) is 2. The summed E-state index contributed by atoms with van der Waals surface area (Å²) in [6.45, 7) is 6.79. The van der Waals surface area contributed by atoms with E-state index >= 15 is 0 Å². The first kappa shape index (κ1) is 20.8. The fourth-order valence-corrected chi connectivity index (χ4v) is 3.19. The lowest BCUT2D eigenvalue weighted by Gasteiger charge is -2.34. The number of rotatable bonds is 7. The van der Waals surface area contributed by atoms with Crippen LogP contribution in [-0.2, 0) is 0 Å². The standard InChI is InChI=1S/C22H29N5O2/c1-3-4-10-24-21(28)17-9-11-23-20(16-17)22(29)25-18-5-7-19(8-6-18)27-14-12-26(2)13-15-27/h5-9,11,16H,3-4,10,12-15H2,1-2H3,(H,24,28)(H,25,29). The molecule has 2 N–H and O–H groups in total. The highest BCUT2D eigenvalue weighted by Gasteiger charge is 2.15. The van der Waals surface area contributed by atoms with Gasteiger partial charge in [0.05, 0.1) is 0 Å². The number of pyridine rings is 1. The van der Waals surface area contributed by atoms with Crippen LogP contribution in [0.3, 0.4) is 0 Å². The smallest absolute Gasteiger partial charge is 0.274 e. The zero-order valence-electron chi connectivity index (χ0n) is 17.1. The first-order chi connectivity index (χ1) is 14.1. The number of unbranched alkanes of at least 4 members (excludes halogenated alkanes) is 1. The van der Waals surface area contributed by atoms with Crippen LogP contribution in [0.15, 0.2) is 42.6 Å². The molecule has 2 heterocycles. The Morgan fingerprint density at radius 2 is 1.76 bits per heavy atom. The molecule has 7 nitrogen and oxygen atoms in total. The van der Waals surface area contributed by atoms with Gasteiger partial charge in [0.15, 0.2) is 0 Å².